The number of fused-ring (bicyclic) bond motifs is 6. The van der Waals surface area contributed by atoms with Crippen LogP contribution in [-0.4, -0.2) is 24.9 Å². The highest BCUT2D eigenvalue weighted by atomic mass is 32.1. The van der Waals surface area contributed by atoms with Crippen molar-refractivity contribution in [1.29, 1.82) is 0 Å². The topological polar surface area (TPSA) is 77.6 Å². The maximum atomic E-state index is 6.77. The predicted octanol–water partition coefficient (Wildman–Crippen LogP) is 12.9. The Balaban J connectivity index is 1.04. The summed E-state index contributed by atoms with van der Waals surface area (Å²) in [6.07, 6.45) is 0. The number of hydrogen-bond acceptors (Lipinski definition) is 7. The second-order valence-electron chi connectivity index (χ2n) is 13.7. The highest BCUT2D eigenvalue weighted by Crippen LogP contribution is 2.42. The van der Waals surface area contributed by atoms with Crippen LogP contribution in [0, 0.1) is 0 Å². The number of thiophene rings is 1. The van der Waals surface area contributed by atoms with Crippen molar-refractivity contribution in [3.63, 3.8) is 0 Å². The van der Waals surface area contributed by atoms with Crippen LogP contribution in [0.1, 0.15) is 0 Å². The molecule has 0 saturated heterocycles. The van der Waals surface area contributed by atoms with Gasteiger partial charge in [0.1, 0.15) is 11.2 Å². The molecule has 0 unspecified atom stereocenters. The maximum Gasteiger partial charge on any atom is 0.164 e. The molecule has 0 N–H and O–H groups in total. The first-order valence-electron chi connectivity index (χ1n) is 18.4. The van der Waals surface area contributed by atoms with Crippen LogP contribution in [0.2, 0.25) is 0 Å². The third-order valence-corrected chi connectivity index (χ3v) is 11.3. The number of nitrogens with zero attached hydrogens (tertiary/aromatic N) is 5. The summed E-state index contributed by atoms with van der Waals surface area (Å²) in [6, 6.07) is 59.8. The summed E-state index contributed by atoms with van der Waals surface area (Å²) < 4.78 is 9.03. The monoisotopic (exact) mass is 735 g/mol. The smallest absolute Gasteiger partial charge is 0.164 e. The Morgan fingerprint density at radius 1 is 0.375 bits per heavy atom. The zero-order chi connectivity index (χ0) is 37.0. The van der Waals surface area contributed by atoms with Crippen LogP contribution in [0.15, 0.2) is 180 Å². The predicted molar refractivity (Wildman–Crippen MR) is 228 cm³/mol. The van der Waals surface area contributed by atoms with E-state index in [9.17, 15) is 0 Å². The highest BCUT2D eigenvalue weighted by molar-refractivity contribution is 7.26. The van der Waals surface area contributed by atoms with Gasteiger partial charge in [-0.2, -0.15) is 0 Å². The van der Waals surface area contributed by atoms with Crippen molar-refractivity contribution >= 4 is 53.6 Å². The molecule has 262 valence electrons. The van der Waals surface area contributed by atoms with Gasteiger partial charge in [0.05, 0.1) is 15.9 Å². The van der Waals surface area contributed by atoms with Gasteiger partial charge in [0.15, 0.2) is 23.3 Å². The van der Waals surface area contributed by atoms with E-state index < -0.39 is 0 Å². The van der Waals surface area contributed by atoms with E-state index >= 15 is 0 Å². The first-order chi connectivity index (χ1) is 27.7. The molecule has 7 heteroatoms. The SMILES string of the molecule is c1ccc(-c2nc(-c3ccccc3)nc(-c3ccc4c(c3)oc3c(-c5cccc(-c6nc(-c7ccccc7)nc7c6sc6ccccc67)c5)cccc34)n2)cc1. The number of para-hydroxylation sites is 1. The van der Waals surface area contributed by atoms with Crippen LogP contribution >= 0.6 is 11.3 Å². The van der Waals surface area contributed by atoms with Crippen molar-refractivity contribution in [2.24, 2.45) is 0 Å². The first-order valence-corrected chi connectivity index (χ1v) is 19.2. The van der Waals surface area contributed by atoms with Gasteiger partial charge in [-0.3, -0.25) is 0 Å². The summed E-state index contributed by atoms with van der Waals surface area (Å²) >= 11 is 1.74. The molecule has 56 heavy (non-hydrogen) atoms. The van der Waals surface area contributed by atoms with Crippen LogP contribution in [-0.2, 0) is 0 Å². The zero-order valence-electron chi connectivity index (χ0n) is 29.8. The molecule has 4 heterocycles. The molecule has 0 atom stereocenters. The van der Waals surface area contributed by atoms with E-state index in [-0.39, 0.29) is 0 Å². The Morgan fingerprint density at radius 3 is 1.62 bits per heavy atom. The summed E-state index contributed by atoms with van der Waals surface area (Å²) in [4.78, 5) is 25.1. The third-order valence-electron chi connectivity index (χ3n) is 10.2. The summed E-state index contributed by atoms with van der Waals surface area (Å²) in [6.45, 7) is 0. The average Bonchev–Trinajstić information content (AvgIpc) is 3.85. The van der Waals surface area contributed by atoms with Gasteiger partial charge in [-0.1, -0.05) is 152 Å². The summed E-state index contributed by atoms with van der Waals surface area (Å²) in [5, 5.41) is 3.21. The Morgan fingerprint density at radius 2 is 0.929 bits per heavy atom. The number of hydrogen-bond donors (Lipinski definition) is 0. The Bertz CT molecular complexity index is 3190. The van der Waals surface area contributed by atoms with Crippen LogP contribution in [0.5, 0.6) is 0 Å². The van der Waals surface area contributed by atoms with E-state index in [1.807, 2.05) is 84.9 Å². The molecule has 0 spiro atoms. The fourth-order valence-corrected chi connectivity index (χ4v) is 8.59. The zero-order valence-corrected chi connectivity index (χ0v) is 30.6. The largest absolute Gasteiger partial charge is 0.455 e. The van der Waals surface area contributed by atoms with Gasteiger partial charge in [0.2, 0.25) is 0 Å². The lowest BCUT2D eigenvalue weighted by atomic mass is 9.99. The molecule has 0 fully saturated rings. The van der Waals surface area contributed by atoms with E-state index in [0.29, 0.717) is 23.3 Å². The number of benzene rings is 7. The molecule has 6 nitrogen and oxygen atoms in total. The Hall–Kier alpha value is -7.35. The third kappa shape index (κ3) is 5.52. The molecule has 0 aliphatic rings. The standard InChI is InChI=1S/C49H29N5OS/c1-4-14-30(15-5-1)46-50-42(45-43(51-46)39-22-10-11-25-41(39)56-45)34-21-12-20-33(28-34)36-23-13-24-38-37-27-26-35(29-40(37)55-44(36)38)49-53-47(31-16-6-2-7-17-31)52-48(54-49)32-18-8-3-9-19-32/h1-29H. The van der Waals surface area contributed by atoms with Crippen LogP contribution in [0.4, 0.5) is 0 Å². The molecular formula is C49H29N5OS. The number of furan rings is 1. The van der Waals surface area contributed by atoms with Crippen LogP contribution in [0.3, 0.4) is 0 Å². The maximum absolute atomic E-state index is 6.77. The summed E-state index contributed by atoms with van der Waals surface area (Å²) in [5.74, 6) is 2.53. The van der Waals surface area contributed by atoms with E-state index in [2.05, 4.69) is 91.0 Å². The molecule has 7 aromatic carbocycles. The van der Waals surface area contributed by atoms with Crippen molar-refractivity contribution in [3.8, 4) is 67.9 Å². The minimum Gasteiger partial charge on any atom is -0.455 e. The van der Waals surface area contributed by atoms with E-state index in [4.69, 9.17) is 29.3 Å². The van der Waals surface area contributed by atoms with E-state index in [1.54, 1.807) is 11.3 Å². The summed E-state index contributed by atoms with van der Waals surface area (Å²) in [5.41, 5.74) is 10.2. The minimum absolute atomic E-state index is 0.584. The lowest BCUT2D eigenvalue weighted by molar-refractivity contribution is 0.670. The molecular weight excluding hydrogens is 707 g/mol. The van der Waals surface area contributed by atoms with Crippen molar-refractivity contribution in [1.82, 2.24) is 24.9 Å². The molecule has 11 rings (SSSR count). The van der Waals surface area contributed by atoms with E-state index in [0.717, 1.165) is 82.2 Å². The fraction of sp³-hybridized carbons (Fsp3) is 0. The van der Waals surface area contributed by atoms with Gasteiger partial charge >= 0.3 is 0 Å². The van der Waals surface area contributed by atoms with Crippen LogP contribution in [0.25, 0.3) is 110 Å². The molecule has 0 saturated carbocycles. The van der Waals surface area contributed by atoms with Gasteiger partial charge in [-0.25, -0.2) is 24.9 Å². The Kier molecular flexibility index (Phi) is 7.57. The van der Waals surface area contributed by atoms with Gasteiger partial charge in [-0.15, -0.1) is 11.3 Å². The fourth-order valence-electron chi connectivity index (χ4n) is 7.44. The van der Waals surface area contributed by atoms with Crippen molar-refractivity contribution in [2.45, 2.75) is 0 Å². The van der Waals surface area contributed by atoms with Gasteiger partial charge < -0.3 is 4.42 Å². The van der Waals surface area contributed by atoms with Gasteiger partial charge in [0.25, 0.3) is 0 Å². The van der Waals surface area contributed by atoms with Crippen molar-refractivity contribution in [3.05, 3.63) is 176 Å². The van der Waals surface area contributed by atoms with Gasteiger partial charge in [0, 0.05) is 54.2 Å². The first kappa shape index (κ1) is 32.1. The molecule has 0 bridgehead atoms. The second-order valence-corrected chi connectivity index (χ2v) is 14.7. The van der Waals surface area contributed by atoms with E-state index in [1.165, 1.54) is 4.70 Å². The molecule has 0 aliphatic heterocycles. The molecule has 0 aliphatic carbocycles. The van der Waals surface area contributed by atoms with Crippen molar-refractivity contribution in [2.75, 3.05) is 0 Å². The van der Waals surface area contributed by atoms with Crippen molar-refractivity contribution < 1.29 is 4.42 Å². The normalized spacial score (nSPS) is 11.6. The highest BCUT2D eigenvalue weighted by Gasteiger charge is 2.19. The molecule has 0 radical (unpaired) electrons. The molecule has 4 aromatic heterocycles. The second kappa shape index (κ2) is 13.2. The summed E-state index contributed by atoms with van der Waals surface area (Å²) in [7, 11) is 0. The quantitative estimate of drug-likeness (QED) is 0.169. The van der Waals surface area contributed by atoms with Crippen LogP contribution < -0.4 is 0 Å². The lowest BCUT2D eigenvalue weighted by Gasteiger charge is -2.09. The Labute approximate surface area is 325 Å². The molecule has 0 amide bonds. The average molecular weight is 736 g/mol. The number of rotatable bonds is 6. The lowest BCUT2D eigenvalue weighted by Crippen LogP contribution is -2.00. The number of aromatic nitrogens is 5. The molecule has 11 aromatic rings. The minimum atomic E-state index is 0.584. The van der Waals surface area contributed by atoms with Gasteiger partial charge in [-0.05, 0) is 29.8 Å².